The predicted molar refractivity (Wildman–Crippen MR) is 133 cm³/mol. The summed E-state index contributed by atoms with van der Waals surface area (Å²) in [7, 11) is 0. The largest absolute Gasteiger partial charge is 3.00 e. The maximum atomic E-state index is 4.56. The van der Waals surface area contributed by atoms with Crippen LogP contribution in [0.3, 0.4) is 0 Å². The van der Waals surface area contributed by atoms with E-state index in [1.165, 1.54) is 0 Å². The molecule has 0 N–H and O–H groups in total. The van der Waals surface area contributed by atoms with Crippen molar-refractivity contribution in [3.8, 4) is 0 Å². The minimum Gasteiger partial charge on any atom is -0.370 e. The first-order valence-electron chi connectivity index (χ1n) is 11.5. The van der Waals surface area contributed by atoms with Gasteiger partial charge >= 0.3 is 20.1 Å². The average molecular weight is 667 g/mol. The molecule has 0 aliphatic heterocycles. The van der Waals surface area contributed by atoms with Crippen molar-refractivity contribution in [3.05, 3.63) is 139 Å². The van der Waals surface area contributed by atoms with Crippen LogP contribution >= 0.6 is 0 Å². The van der Waals surface area contributed by atoms with E-state index in [-0.39, 0.29) is 20.1 Å². The Morgan fingerprint density at radius 2 is 1.08 bits per heavy atom. The van der Waals surface area contributed by atoms with Gasteiger partial charge in [-0.3, -0.25) is 24.5 Å². The van der Waals surface area contributed by atoms with Crippen molar-refractivity contribution in [3.63, 3.8) is 0 Å². The molecule has 6 aromatic rings. The van der Waals surface area contributed by atoms with Crippen molar-refractivity contribution >= 4 is 0 Å². The number of aromatic nitrogens is 9. The molecule has 0 aliphatic rings. The topological polar surface area (TPSA) is 84.2 Å². The van der Waals surface area contributed by atoms with E-state index in [1.807, 2.05) is 58.2 Å². The third-order valence-electron chi connectivity index (χ3n) is 5.20. The molecule has 1 aromatic carbocycles. The Morgan fingerprint density at radius 1 is 0.568 bits per heavy atom. The van der Waals surface area contributed by atoms with E-state index in [4.69, 9.17) is 0 Å². The van der Waals surface area contributed by atoms with Crippen LogP contribution in [0.15, 0.2) is 97.8 Å². The van der Waals surface area contributed by atoms with Gasteiger partial charge in [-0.1, -0.05) is 6.07 Å². The van der Waals surface area contributed by atoms with Gasteiger partial charge in [0.2, 0.25) is 0 Å². The summed E-state index contributed by atoms with van der Waals surface area (Å²) in [5.41, 5.74) is 4.17. The first-order valence-corrected chi connectivity index (χ1v) is 11.5. The number of hydrogen-bond donors (Lipinski definition) is 0. The van der Waals surface area contributed by atoms with E-state index >= 15 is 0 Å². The quantitative estimate of drug-likeness (QED) is 0.233. The average Bonchev–Trinajstić information content (AvgIpc) is 3.70. The number of rotatable bonds is 8. The summed E-state index contributed by atoms with van der Waals surface area (Å²) in [5.74, 6) is 0. The van der Waals surface area contributed by atoms with Gasteiger partial charge in [-0.25, -0.2) is 0 Å². The zero-order valence-corrected chi connectivity index (χ0v) is 22.3. The Labute approximate surface area is 228 Å². The van der Waals surface area contributed by atoms with E-state index in [2.05, 4.69) is 56.0 Å². The summed E-state index contributed by atoms with van der Waals surface area (Å²) in [4.78, 5) is 4.56. The Kier molecular flexibility index (Phi) is 9.29. The fourth-order valence-corrected chi connectivity index (χ4v) is 3.61. The predicted octanol–water partition coefficient (Wildman–Crippen LogP) is 3.15. The van der Waals surface area contributed by atoms with Crippen LogP contribution in [0.25, 0.3) is 0 Å². The van der Waals surface area contributed by atoms with Crippen LogP contribution in [0, 0.1) is 18.5 Å². The molecule has 0 atom stereocenters. The number of hydrogen-bond acceptors (Lipinski definition) is 5. The molecule has 5 heterocycles. The Balaban J connectivity index is 0.000000168. The van der Waals surface area contributed by atoms with E-state index in [0.717, 1.165) is 35.6 Å². The molecule has 37 heavy (non-hydrogen) atoms. The molecule has 0 spiro atoms. The molecular formula is C27H24IrN9. The molecular weight excluding hydrogens is 643 g/mol. The number of pyridine rings is 1. The molecule has 0 aliphatic carbocycles. The van der Waals surface area contributed by atoms with Crippen LogP contribution in [-0.4, -0.2) is 44.1 Å². The van der Waals surface area contributed by atoms with Crippen molar-refractivity contribution in [2.75, 3.05) is 0 Å². The van der Waals surface area contributed by atoms with Crippen LogP contribution in [0.4, 0.5) is 0 Å². The van der Waals surface area contributed by atoms with Crippen molar-refractivity contribution in [1.29, 1.82) is 0 Å². The fraction of sp³-hybridized carbons (Fsp3) is 0.148. The Morgan fingerprint density at radius 3 is 1.51 bits per heavy atom. The number of benzene rings is 1. The second-order valence-corrected chi connectivity index (χ2v) is 7.96. The van der Waals surface area contributed by atoms with Gasteiger partial charge in [-0.05, 0) is 24.3 Å². The first-order chi connectivity index (χ1) is 17.8. The molecule has 10 heteroatoms. The number of nitrogens with zero attached hydrogens (tertiary/aromatic N) is 9. The van der Waals surface area contributed by atoms with E-state index < -0.39 is 0 Å². The normalized spacial score (nSPS) is 10.4. The zero-order valence-electron chi connectivity index (χ0n) is 19.9. The van der Waals surface area contributed by atoms with Crippen LogP contribution < -0.4 is 0 Å². The molecule has 9 nitrogen and oxygen atoms in total. The molecule has 0 amide bonds. The van der Waals surface area contributed by atoms with Crippen molar-refractivity contribution < 1.29 is 20.1 Å². The summed E-state index contributed by atoms with van der Waals surface area (Å²) in [6.45, 7) is 2.76. The first kappa shape index (κ1) is 25.9. The van der Waals surface area contributed by atoms with Gasteiger partial charge in [-0.2, -0.15) is 46.6 Å². The molecule has 0 saturated carbocycles. The minimum absolute atomic E-state index is 0. The summed E-state index contributed by atoms with van der Waals surface area (Å²) in [5, 5.41) is 16.6. The second kappa shape index (κ2) is 13.2. The molecule has 0 unspecified atom stereocenters. The zero-order chi connectivity index (χ0) is 24.4. The summed E-state index contributed by atoms with van der Waals surface area (Å²) < 4.78 is 7.24. The van der Waals surface area contributed by atoms with Crippen LogP contribution in [0.1, 0.15) is 22.5 Å². The van der Waals surface area contributed by atoms with Gasteiger partial charge in [-0.15, -0.1) is 35.9 Å². The van der Waals surface area contributed by atoms with Gasteiger partial charge in [0, 0.05) is 37.9 Å². The molecule has 5 aromatic heterocycles. The molecule has 0 fully saturated rings. The molecule has 186 valence electrons. The van der Waals surface area contributed by atoms with Gasteiger partial charge in [0.15, 0.2) is 0 Å². The van der Waals surface area contributed by atoms with E-state index in [9.17, 15) is 0 Å². The van der Waals surface area contributed by atoms with E-state index in [0.29, 0.717) is 13.1 Å². The molecule has 0 bridgehead atoms. The fourth-order valence-electron chi connectivity index (χ4n) is 3.61. The smallest absolute Gasteiger partial charge is 0.370 e. The van der Waals surface area contributed by atoms with Crippen molar-refractivity contribution in [1.82, 2.24) is 44.1 Å². The minimum atomic E-state index is 0. The van der Waals surface area contributed by atoms with Gasteiger partial charge in [0.1, 0.15) is 0 Å². The summed E-state index contributed by atoms with van der Waals surface area (Å²) >= 11 is 0. The van der Waals surface area contributed by atoms with E-state index in [1.54, 1.807) is 46.3 Å². The second-order valence-electron chi connectivity index (χ2n) is 7.96. The third kappa shape index (κ3) is 7.93. The third-order valence-corrected chi connectivity index (χ3v) is 5.20. The molecule has 6 rings (SSSR count). The maximum absolute atomic E-state index is 4.56. The summed E-state index contributed by atoms with van der Waals surface area (Å²) in [6, 6.07) is 22.9. The Hall–Kier alpha value is -4.14. The van der Waals surface area contributed by atoms with Gasteiger partial charge in [0.25, 0.3) is 0 Å². The van der Waals surface area contributed by atoms with Crippen LogP contribution in [0.2, 0.25) is 0 Å². The Bertz CT molecular complexity index is 1210. The molecule has 0 saturated heterocycles. The van der Waals surface area contributed by atoms with Crippen molar-refractivity contribution in [2.45, 2.75) is 26.2 Å². The van der Waals surface area contributed by atoms with Crippen LogP contribution in [0.5, 0.6) is 0 Å². The molecule has 0 radical (unpaired) electrons. The SMILES string of the molecule is [Ir+3].[c-]1c(Cn2cccn2)cccc1Cn1cccn1.[c-]1ccnn1Cc1cccc(Cn2[c-]ccn2)n1. The standard InChI is InChI=1S/C14H13N4.C13H11N5.Ir/c1-4-13(11-17-8-2-6-15-17)10-14(5-1)12-18-9-3-7-16-18;1-4-12(10-17-8-2-6-14-17)16-13(5-1)11-18-9-3-7-15-18;/h1-9H,11-12H2;1-7H,10-11H2;/q-1;-2;+3. The van der Waals surface area contributed by atoms with Gasteiger partial charge < -0.3 is 9.36 Å². The van der Waals surface area contributed by atoms with Crippen molar-refractivity contribution in [2.24, 2.45) is 0 Å². The van der Waals surface area contributed by atoms with Crippen LogP contribution in [-0.2, 0) is 46.3 Å². The maximum Gasteiger partial charge on any atom is 3.00 e. The van der Waals surface area contributed by atoms with Gasteiger partial charge in [0.05, 0.1) is 24.5 Å². The summed E-state index contributed by atoms with van der Waals surface area (Å²) in [6.07, 6.45) is 16.9. The monoisotopic (exact) mass is 667 g/mol.